The lowest BCUT2D eigenvalue weighted by Gasteiger charge is -2.28. The molecular weight excluding hydrogens is 374 g/mol. The van der Waals surface area contributed by atoms with Crippen LogP contribution >= 0.6 is 0 Å². The minimum Gasteiger partial charge on any atom is -0.458 e. The molecule has 0 aliphatic rings. The maximum absolute atomic E-state index is 12.8. The van der Waals surface area contributed by atoms with Gasteiger partial charge in [-0.05, 0) is 49.8 Å². The summed E-state index contributed by atoms with van der Waals surface area (Å²) in [5.74, 6) is -0.745. The van der Waals surface area contributed by atoms with E-state index in [9.17, 15) is 9.59 Å². The second-order valence-corrected chi connectivity index (χ2v) is 9.07. The van der Waals surface area contributed by atoms with E-state index in [1.54, 1.807) is 0 Å². The first-order chi connectivity index (χ1) is 14.1. The van der Waals surface area contributed by atoms with E-state index in [-0.39, 0.29) is 23.7 Å². The maximum Gasteiger partial charge on any atom is 0.329 e. The molecule has 4 heteroatoms. The van der Waals surface area contributed by atoms with Crippen LogP contribution in [-0.4, -0.2) is 23.5 Å². The van der Waals surface area contributed by atoms with E-state index in [1.807, 2.05) is 59.7 Å². The fraction of sp³-hybridized carbons (Fsp3) is 0.462. The number of hydrogen-bond donors (Lipinski definition) is 1. The van der Waals surface area contributed by atoms with Crippen molar-refractivity contribution in [3.05, 3.63) is 60.2 Å². The molecule has 0 fully saturated rings. The molecule has 0 aliphatic heterocycles. The number of benzene rings is 2. The SMILES string of the molecule is CC[C@@H](C)[C@H](NC(=O)[C@@H](C)Cc1ccc(-c2ccccc2)cc1)C(=O)OC(C)(C)C. The third-order valence-electron chi connectivity index (χ3n) is 5.22. The van der Waals surface area contributed by atoms with Gasteiger partial charge in [0, 0.05) is 5.92 Å². The van der Waals surface area contributed by atoms with Crippen LogP contribution in [0.3, 0.4) is 0 Å². The van der Waals surface area contributed by atoms with E-state index in [4.69, 9.17) is 4.74 Å². The molecule has 162 valence electrons. The van der Waals surface area contributed by atoms with Gasteiger partial charge in [-0.3, -0.25) is 4.79 Å². The van der Waals surface area contributed by atoms with Crippen molar-refractivity contribution in [2.75, 3.05) is 0 Å². The Morgan fingerprint density at radius 1 is 0.933 bits per heavy atom. The smallest absolute Gasteiger partial charge is 0.329 e. The van der Waals surface area contributed by atoms with Gasteiger partial charge in [-0.15, -0.1) is 0 Å². The second kappa shape index (κ2) is 10.4. The van der Waals surface area contributed by atoms with Crippen molar-refractivity contribution in [3.63, 3.8) is 0 Å². The quantitative estimate of drug-likeness (QED) is 0.594. The Labute approximate surface area is 181 Å². The van der Waals surface area contributed by atoms with Gasteiger partial charge in [0.15, 0.2) is 0 Å². The third-order valence-corrected chi connectivity index (χ3v) is 5.22. The fourth-order valence-electron chi connectivity index (χ4n) is 3.24. The van der Waals surface area contributed by atoms with E-state index in [0.717, 1.165) is 17.5 Å². The fourth-order valence-corrected chi connectivity index (χ4v) is 3.24. The Hall–Kier alpha value is -2.62. The molecule has 0 saturated carbocycles. The van der Waals surface area contributed by atoms with Gasteiger partial charge < -0.3 is 10.1 Å². The summed E-state index contributed by atoms with van der Waals surface area (Å²) in [6, 6.07) is 17.9. The van der Waals surface area contributed by atoms with Crippen molar-refractivity contribution in [2.24, 2.45) is 11.8 Å². The summed E-state index contributed by atoms with van der Waals surface area (Å²) in [5.41, 5.74) is 2.83. The van der Waals surface area contributed by atoms with Gasteiger partial charge in [0.1, 0.15) is 11.6 Å². The van der Waals surface area contributed by atoms with Crippen molar-refractivity contribution >= 4 is 11.9 Å². The highest BCUT2D eigenvalue weighted by Crippen LogP contribution is 2.21. The number of esters is 1. The van der Waals surface area contributed by atoms with Crippen LogP contribution < -0.4 is 5.32 Å². The topological polar surface area (TPSA) is 55.4 Å². The lowest BCUT2D eigenvalue weighted by atomic mass is 9.95. The highest BCUT2D eigenvalue weighted by atomic mass is 16.6. The highest BCUT2D eigenvalue weighted by molar-refractivity contribution is 5.86. The Morgan fingerprint density at radius 2 is 1.50 bits per heavy atom. The molecule has 2 aromatic rings. The van der Waals surface area contributed by atoms with E-state index in [1.165, 1.54) is 5.56 Å². The van der Waals surface area contributed by atoms with Crippen LogP contribution in [0.15, 0.2) is 54.6 Å². The molecule has 3 atom stereocenters. The summed E-state index contributed by atoms with van der Waals surface area (Å²) in [6.45, 7) is 11.4. The molecule has 1 N–H and O–H groups in total. The van der Waals surface area contributed by atoms with E-state index in [0.29, 0.717) is 6.42 Å². The third kappa shape index (κ3) is 7.01. The number of carbonyl (C=O) groups is 2. The summed E-state index contributed by atoms with van der Waals surface area (Å²) in [4.78, 5) is 25.4. The van der Waals surface area contributed by atoms with Gasteiger partial charge in [-0.2, -0.15) is 0 Å². The molecular formula is C26H35NO3. The first-order valence-electron chi connectivity index (χ1n) is 10.8. The molecule has 2 aromatic carbocycles. The zero-order valence-electron chi connectivity index (χ0n) is 19.1. The summed E-state index contributed by atoms with van der Waals surface area (Å²) < 4.78 is 5.52. The van der Waals surface area contributed by atoms with Gasteiger partial charge in [0.05, 0.1) is 0 Å². The van der Waals surface area contributed by atoms with Gasteiger partial charge in [-0.1, -0.05) is 81.8 Å². The van der Waals surface area contributed by atoms with Crippen molar-refractivity contribution < 1.29 is 14.3 Å². The van der Waals surface area contributed by atoms with Gasteiger partial charge in [-0.25, -0.2) is 4.79 Å². The van der Waals surface area contributed by atoms with Crippen LogP contribution in [0.5, 0.6) is 0 Å². The zero-order valence-corrected chi connectivity index (χ0v) is 19.1. The number of ether oxygens (including phenoxy) is 1. The van der Waals surface area contributed by atoms with Crippen molar-refractivity contribution in [3.8, 4) is 11.1 Å². The predicted octanol–water partition coefficient (Wildman–Crippen LogP) is 5.40. The van der Waals surface area contributed by atoms with E-state index >= 15 is 0 Å². The number of rotatable bonds is 8. The van der Waals surface area contributed by atoms with Crippen LogP contribution in [0.1, 0.15) is 53.5 Å². The molecule has 0 saturated heterocycles. The largest absolute Gasteiger partial charge is 0.458 e. The Morgan fingerprint density at radius 3 is 2.03 bits per heavy atom. The van der Waals surface area contributed by atoms with Crippen LogP contribution in [-0.2, 0) is 20.7 Å². The minimum atomic E-state index is -0.635. The number of amides is 1. The molecule has 0 bridgehead atoms. The molecule has 0 aliphatic carbocycles. The maximum atomic E-state index is 12.8. The normalized spacial score (nSPS) is 14.5. The monoisotopic (exact) mass is 409 g/mol. The first kappa shape index (κ1) is 23.7. The number of nitrogens with one attached hydrogen (secondary N) is 1. The Bertz CT molecular complexity index is 822. The van der Waals surface area contributed by atoms with Crippen LogP contribution in [0.25, 0.3) is 11.1 Å². The lowest BCUT2D eigenvalue weighted by Crippen LogP contribution is -2.49. The molecule has 0 spiro atoms. The van der Waals surface area contributed by atoms with Gasteiger partial charge >= 0.3 is 5.97 Å². The van der Waals surface area contributed by atoms with Crippen LogP contribution in [0, 0.1) is 11.8 Å². The minimum absolute atomic E-state index is 0.00107. The molecule has 30 heavy (non-hydrogen) atoms. The van der Waals surface area contributed by atoms with E-state index < -0.39 is 11.6 Å². The lowest BCUT2D eigenvalue weighted by molar-refractivity contribution is -0.160. The Kier molecular flexibility index (Phi) is 8.22. The average Bonchev–Trinajstić information content (AvgIpc) is 2.71. The Balaban J connectivity index is 2.02. The second-order valence-electron chi connectivity index (χ2n) is 9.07. The summed E-state index contributed by atoms with van der Waals surface area (Å²) in [6.07, 6.45) is 1.39. The molecule has 0 heterocycles. The van der Waals surface area contributed by atoms with Gasteiger partial charge in [0.2, 0.25) is 5.91 Å². The van der Waals surface area contributed by atoms with Crippen LogP contribution in [0.2, 0.25) is 0 Å². The molecule has 0 radical (unpaired) electrons. The van der Waals surface area contributed by atoms with Crippen molar-refractivity contribution in [1.29, 1.82) is 0 Å². The summed E-state index contributed by atoms with van der Waals surface area (Å²) in [5, 5.41) is 2.93. The zero-order chi connectivity index (χ0) is 22.3. The predicted molar refractivity (Wildman–Crippen MR) is 122 cm³/mol. The molecule has 1 amide bonds. The average molecular weight is 410 g/mol. The molecule has 0 aromatic heterocycles. The molecule has 2 rings (SSSR count). The molecule has 4 nitrogen and oxygen atoms in total. The van der Waals surface area contributed by atoms with Crippen LogP contribution in [0.4, 0.5) is 0 Å². The van der Waals surface area contributed by atoms with E-state index in [2.05, 4.69) is 41.7 Å². The summed E-state index contributed by atoms with van der Waals surface area (Å²) in [7, 11) is 0. The van der Waals surface area contributed by atoms with Crippen molar-refractivity contribution in [1.82, 2.24) is 5.32 Å². The van der Waals surface area contributed by atoms with Gasteiger partial charge in [0.25, 0.3) is 0 Å². The first-order valence-corrected chi connectivity index (χ1v) is 10.8. The summed E-state index contributed by atoms with van der Waals surface area (Å²) >= 11 is 0. The number of carbonyl (C=O) groups excluding carboxylic acids is 2. The highest BCUT2D eigenvalue weighted by Gasteiger charge is 2.31. The number of hydrogen-bond acceptors (Lipinski definition) is 3. The standard InChI is InChI=1S/C26H35NO3/c1-7-18(2)23(25(29)30-26(4,5)6)27-24(28)19(3)17-20-13-15-22(16-14-20)21-11-9-8-10-12-21/h8-16,18-19,23H,7,17H2,1-6H3,(H,27,28)/t18-,19+,23+/m1/s1. The van der Waals surface area contributed by atoms with Crippen molar-refractivity contribution in [2.45, 2.75) is 66.0 Å². The molecule has 0 unspecified atom stereocenters.